The molecule has 2 amide bonds. The average molecular weight is 280 g/mol. The number of carbonyl (C=O) groups is 1. The fourth-order valence-corrected chi connectivity index (χ4v) is 1.83. The summed E-state index contributed by atoms with van der Waals surface area (Å²) in [6, 6.07) is 5.67. The average Bonchev–Trinajstić information content (AvgIpc) is 2.44. The molecule has 0 aliphatic rings. The molecular weight excluding hydrogens is 256 g/mol. The van der Waals surface area contributed by atoms with E-state index in [9.17, 15) is 4.79 Å². The summed E-state index contributed by atoms with van der Waals surface area (Å²) in [5, 5.41) is 14.4. The number of hydrogen-bond acceptors (Lipinski definition) is 3. The zero-order chi connectivity index (χ0) is 15.0. The Kier molecular flexibility index (Phi) is 6.87. The fraction of sp³-hybridized carbons (Fsp3) is 0.533. The highest BCUT2D eigenvalue weighted by Gasteiger charge is 2.07. The molecule has 0 aliphatic carbocycles. The predicted octanol–water partition coefficient (Wildman–Crippen LogP) is 1.82. The molecule has 1 aromatic carbocycles. The van der Waals surface area contributed by atoms with Crippen LogP contribution >= 0.6 is 0 Å². The molecule has 112 valence electrons. The minimum atomic E-state index is -0.211. The Morgan fingerprint density at radius 2 is 2.15 bits per heavy atom. The van der Waals surface area contributed by atoms with E-state index in [1.165, 1.54) is 0 Å². The van der Waals surface area contributed by atoms with Crippen LogP contribution in [0.5, 0.6) is 5.75 Å². The summed E-state index contributed by atoms with van der Waals surface area (Å²) < 4.78 is 5.29. The summed E-state index contributed by atoms with van der Waals surface area (Å²) in [5.74, 6) is 1.04. The number of methoxy groups -OCH3 is 1. The molecule has 0 saturated heterocycles. The number of carbonyl (C=O) groups excluding carboxylic acids is 1. The molecule has 1 rings (SSSR count). The molecule has 0 heterocycles. The Morgan fingerprint density at radius 3 is 2.80 bits per heavy atom. The van der Waals surface area contributed by atoms with Crippen molar-refractivity contribution >= 4 is 6.03 Å². The molecule has 5 nitrogen and oxygen atoms in total. The van der Waals surface area contributed by atoms with Gasteiger partial charge in [0.25, 0.3) is 0 Å². The van der Waals surface area contributed by atoms with Gasteiger partial charge < -0.3 is 20.5 Å². The van der Waals surface area contributed by atoms with Crippen LogP contribution in [0.4, 0.5) is 4.79 Å². The van der Waals surface area contributed by atoms with Gasteiger partial charge in [-0.3, -0.25) is 0 Å². The third-order valence-corrected chi connectivity index (χ3v) is 3.11. The van der Waals surface area contributed by atoms with Crippen LogP contribution in [0.1, 0.15) is 24.5 Å². The van der Waals surface area contributed by atoms with Crippen molar-refractivity contribution in [2.75, 3.05) is 20.3 Å². The number of benzene rings is 1. The highest BCUT2D eigenvalue weighted by Crippen LogP contribution is 2.19. The van der Waals surface area contributed by atoms with E-state index >= 15 is 0 Å². The lowest BCUT2D eigenvalue weighted by atomic mass is 10.1. The summed E-state index contributed by atoms with van der Waals surface area (Å²) in [6.45, 7) is 5.10. The van der Waals surface area contributed by atoms with Gasteiger partial charge in [-0.05, 0) is 30.9 Å². The van der Waals surface area contributed by atoms with Crippen molar-refractivity contribution in [1.29, 1.82) is 0 Å². The largest absolute Gasteiger partial charge is 0.496 e. The molecule has 0 aromatic heterocycles. The maximum absolute atomic E-state index is 11.7. The summed E-state index contributed by atoms with van der Waals surface area (Å²) in [5.41, 5.74) is 2.06. The molecule has 3 N–H and O–H groups in total. The second kappa shape index (κ2) is 8.43. The lowest BCUT2D eigenvalue weighted by Gasteiger charge is -2.13. The first-order valence-corrected chi connectivity index (χ1v) is 6.83. The van der Waals surface area contributed by atoms with Crippen LogP contribution in [0.25, 0.3) is 0 Å². The molecule has 0 spiro atoms. The van der Waals surface area contributed by atoms with Crippen LogP contribution < -0.4 is 15.4 Å². The lowest BCUT2D eigenvalue weighted by molar-refractivity contribution is 0.233. The SMILES string of the molecule is COc1cc(C)ccc1CNC(=O)NCC(C)CCO. The van der Waals surface area contributed by atoms with E-state index < -0.39 is 0 Å². The molecule has 20 heavy (non-hydrogen) atoms. The van der Waals surface area contributed by atoms with Crippen LogP contribution in [-0.4, -0.2) is 31.4 Å². The number of rotatable bonds is 7. The van der Waals surface area contributed by atoms with Gasteiger partial charge in [-0.25, -0.2) is 4.79 Å². The van der Waals surface area contributed by atoms with Gasteiger partial charge in [0.1, 0.15) is 5.75 Å². The highest BCUT2D eigenvalue weighted by molar-refractivity contribution is 5.73. The second-order valence-corrected chi connectivity index (χ2v) is 5.00. The molecule has 0 fully saturated rings. The number of urea groups is 1. The Hall–Kier alpha value is -1.75. The van der Waals surface area contributed by atoms with Crippen molar-refractivity contribution in [2.24, 2.45) is 5.92 Å². The van der Waals surface area contributed by atoms with Crippen LogP contribution in [0, 0.1) is 12.8 Å². The Balaban J connectivity index is 2.41. The number of hydrogen-bond donors (Lipinski definition) is 3. The van der Waals surface area contributed by atoms with E-state index in [-0.39, 0.29) is 18.6 Å². The van der Waals surface area contributed by atoms with Crippen LogP contribution in [0.2, 0.25) is 0 Å². The van der Waals surface area contributed by atoms with Crippen molar-refractivity contribution in [2.45, 2.75) is 26.8 Å². The number of aliphatic hydroxyl groups is 1. The number of aryl methyl sites for hydroxylation is 1. The molecule has 1 aromatic rings. The quantitative estimate of drug-likeness (QED) is 0.713. The molecule has 5 heteroatoms. The lowest BCUT2D eigenvalue weighted by Crippen LogP contribution is -2.37. The molecule has 0 radical (unpaired) electrons. The molecule has 0 saturated carbocycles. The van der Waals surface area contributed by atoms with E-state index in [0.717, 1.165) is 16.9 Å². The maximum Gasteiger partial charge on any atom is 0.315 e. The van der Waals surface area contributed by atoms with E-state index in [1.54, 1.807) is 7.11 Å². The van der Waals surface area contributed by atoms with Crippen molar-refractivity contribution in [3.63, 3.8) is 0 Å². The minimum Gasteiger partial charge on any atom is -0.496 e. The monoisotopic (exact) mass is 280 g/mol. The molecule has 1 atom stereocenters. The molecule has 1 unspecified atom stereocenters. The zero-order valence-electron chi connectivity index (χ0n) is 12.4. The van der Waals surface area contributed by atoms with Crippen LogP contribution in [0.3, 0.4) is 0 Å². The topological polar surface area (TPSA) is 70.6 Å². The van der Waals surface area contributed by atoms with E-state index in [1.807, 2.05) is 32.0 Å². The third kappa shape index (κ3) is 5.48. The smallest absolute Gasteiger partial charge is 0.315 e. The van der Waals surface area contributed by atoms with Crippen molar-refractivity contribution < 1.29 is 14.6 Å². The summed E-state index contributed by atoms with van der Waals surface area (Å²) in [6.07, 6.45) is 0.687. The van der Waals surface area contributed by atoms with Gasteiger partial charge in [0.15, 0.2) is 0 Å². The van der Waals surface area contributed by atoms with E-state index in [0.29, 0.717) is 19.5 Å². The maximum atomic E-state index is 11.7. The first kappa shape index (κ1) is 16.3. The fourth-order valence-electron chi connectivity index (χ4n) is 1.83. The van der Waals surface area contributed by atoms with Gasteiger partial charge in [0, 0.05) is 25.3 Å². The summed E-state index contributed by atoms with van der Waals surface area (Å²) in [7, 11) is 1.62. The number of nitrogens with one attached hydrogen (secondary N) is 2. The molecule has 0 aliphatic heterocycles. The van der Waals surface area contributed by atoms with Gasteiger partial charge in [-0.15, -0.1) is 0 Å². The van der Waals surface area contributed by atoms with Gasteiger partial charge in [0.2, 0.25) is 0 Å². The number of ether oxygens (including phenoxy) is 1. The van der Waals surface area contributed by atoms with Gasteiger partial charge >= 0.3 is 6.03 Å². The van der Waals surface area contributed by atoms with Crippen LogP contribution in [0.15, 0.2) is 18.2 Å². The zero-order valence-corrected chi connectivity index (χ0v) is 12.4. The normalized spacial score (nSPS) is 11.8. The standard InChI is InChI=1S/C15H24N2O3/c1-11-4-5-13(14(8-11)20-3)10-17-15(19)16-9-12(2)6-7-18/h4-5,8,12,18H,6-7,9-10H2,1-3H3,(H2,16,17,19). The third-order valence-electron chi connectivity index (χ3n) is 3.11. The predicted molar refractivity (Wildman–Crippen MR) is 78.8 cm³/mol. The minimum absolute atomic E-state index is 0.144. The van der Waals surface area contributed by atoms with E-state index in [4.69, 9.17) is 9.84 Å². The van der Waals surface area contributed by atoms with Gasteiger partial charge in [0.05, 0.1) is 7.11 Å². The van der Waals surface area contributed by atoms with Gasteiger partial charge in [-0.2, -0.15) is 0 Å². The molecule has 0 bridgehead atoms. The van der Waals surface area contributed by atoms with Crippen molar-refractivity contribution in [1.82, 2.24) is 10.6 Å². The Labute approximate surface area is 120 Å². The number of amides is 2. The van der Waals surface area contributed by atoms with Crippen LogP contribution in [-0.2, 0) is 6.54 Å². The van der Waals surface area contributed by atoms with Gasteiger partial charge in [-0.1, -0.05) is 19.1 Å². The summed E-state index contributed by atoms with van der Waals surface area (Å²) >= 11 is 0. The first-order valence-electron chi connectivity index (χ1n) is 6.83. The van der Waals surface area contributed by atoms with E-state index in [2.05, 4.69) is 10.6 Å². The van der Waals surface area contributed by atoms with Crippen molar-refractivity contribution in [3.05, 3.63) is 29.3 Å². The Bertz CT molecular complexity index is 435. The highest BCUT2D eigenvalue weighted by atomic mass is 16.5. The first-order chi connectivity index (χ1) is 9.56. The second-order valence-electron chi connectivity index (χ2n) is 5.00. The number of aliphatic hydroxyl groups excluding tert-OH is 1. The molecular formula is C15H24N2O3. The van der Waals surface area contributed by atoms with Crippen molar-refractivity contribution in [3.8, 4) is 5.75 Å². The summed E-state index contributed by atoms with van der Waals surface area (Å²) in [4.78, 5) is 11.7. The Morgan fingerprint density at radius 1 is 1.40 bits per heavy atom.